The number of nitrogens with zero attached hydrogens (tertiary/aromatic N) is 3. The number of fused-ring (bicyclic) bond motifs is 1. The number of nitrogens with one attached hydrogen (secondary N) is 1. The molecule has 3 rings (SSSR count). The number of aromatic nitrogens is 3. The molecule has 2 aromatic heterocycles. The third-order valence-electron chi connectivity index (χ3n) is 3.00. The number of hydrogen-bond acceptors (Lipinski definition) is 6. The molecule has 1 N–H and O–H groups in total. The van der Waals surface area contributed by atoms with Crippen molar-refractivity contribution in [3.63, 3.8) is 0 Å². The van der Waals surface area contributed by atoms with Crippen molar-refractivity contribution in [3.8, 4) is 0 Å². The molecule has 0 spiro atoms. The Hall–Kier alpha value is -1.67. The molecule has 0 bridgehead atoms. The fourth-order valence-corrected chi connectivity index (χ4v) is 3.69. The van der Waals surface area contributed by atoms with Gasteiger partial charge in [-0.1, -0.05) is 11.8 Å². The molecule has 0 fully saturated rings. The number of thiazole rings is 1. The molecule has 3 heterocycles. The lowest BCUT2D eigenvalue weighted by Crippen LogP contribution is -2.28. The Morgan fingerprint density at radius 2 is 2.40 bits per heavy atom. The number of carbonyl (C=O) groups is 1. The van der Waals surface area contributed by atoms with Gasteiger partial charge in [0.05, 0.1) is 6.04 Å². The lowest BCUT2D eigenvalue weighted by Gasteiger charge is -2.12. The highest BCUT2D eigenvalue weighted by atomic mass is 32.2. The van der Waals surface area contributed by atoms with Gasteiger partial charge in [-0.05, 0) is 6.92 Å². The Balaban J connectivity index is 1.77. The Bertz CT molecular complexity index is 696. The predicted octanol–water partition coefficient (Wildman–Crippen LogP) is 1.68. The average molecular weight is 308 g/mol. The van der Waals surface area contributed by atoms with Gasteiger partial charge in [0, 0.05) is 35.5 Å². The van der Waals surface area contributed by atoms with Crippen molar-refractivity contribution >= 4 is 34.1 Å². The summed E-state index contributed by atoms with van der Waals surface area (Å²) in [4.78, 5) is 32.4. The third kappa shape index (κ3) is 2.48. The first-order chi connectivity index (χ1) is 9.65. The fraction of sp³-hybridized carbons (Fsp3) is 0.333. The minimum atomic E-state index is -0.144. The second kappa shape index (κ2) is 5.37. The Morgan fingerprint density at radius 1 is 1.55 bits per heavy atom. The lowest BCUT2D eigenvalue weighted by atomic mass is 10.2. The summed E-state index contributed by atoms with van der Waals surface area (Å²) in [5.74, 6) is 0.559. The first-order valence-corrected chi connectivity index (χ1v) is 7.92. The summed E-state index contributed by atoms with van der Waals surface area (Å²) in [7, 11) is 0. The van der Waals surface area contributed by atoms with Crippen LogP contribution >= 0.6 is 23.1 Å². The standard InChI is InChI=1S/C12H12N4O2S2/c1-7-5-14-12-16(10(7)18)8(6-20-12)4-9(17)15-11-13-2-3-19-11/h2-3,5,8H,4,6H2,1H3,(H,13,15,17). The fourth-order valence-electron chi connectivity index (χ4n) is 2.04. The Labute approximate surface area is 123 Å². The van der Waals surface area contributed by atoms with E-state index in [0.29, 0.717) is 21.6 Å². The Kier molecular flexibility index (Phi) is 3.58. The second-order valence-electron chi connectivity index (χ2n) is 4.45. The van der Waals surface area contributed by atoms with Crippen LogP contribution in [0, 0.1) is 6.92 Å². The molecule has 1 aliphatic heterocycles. The highest BCUT2D eigenvalue weighted by Gasteiger charge is 2.27. The molecule has 1 aliphatic rings. The number of rotatable bonds is 3. The molecule has 0 saturated carbocycles. The molecule has 1 amide bonds. The van der Waals surface area contributed by atoms with E-state index in [-0.39, 0.29) is 23.9 Å². The SMILES string of the molecule is Cc1cnc2n(c1=O)C(CC(=O)Nc1nccs1)CS2. The van der Waals surface area contributed by atoms with E-state index in [1.54, 1.807) is 29.3 Å². The summed E-state index contributed by atoms with van der Waals surface area (Å²) in [6.45, 7) is 1.73. The van der Waals surface area contributed by atoms with Crippen LogP contribution in [0.2, 0.25) is 0 Å². The molecule has 1 atom stereocenters. The van der Waals surface area contributed by atoms with E-state index in [1.165, 1.54) is 23.1 Å². The van der Waals surface area contributed by atoms with Crippen molar-refractivity contribution in [2.45, 2.75) is 24.5 Å². The van der Waals surface area contributed by atoms with Gasteiger partial charge in [-0.15, -0.1) is 11.3 Å². The maximum absolute atomic E-state index is 12.1. The summed E-state index contributed by atoms with van der Waals surface area (Å²) in [5.41, 5.74) is 0.536. The summed E-state index contributed by atoms with van der Waals surface area (Å²) in [6, 6.07) is -0.144. The maximum atomic E-state index is 12.1. The molecule has 8 heteroatoms. The van der Waals surface area contributed by atoms with Gasteiger partial charge in [-0.3, -0.25) is 14.2 Å². The number of thioether (sulfide) groups is 1. The van der Waals surface area contributed by atoms with Gasteiger partial charge in [0.2, 0.25) is 5.91 Å². The molecular formula is C12H12N4O2S2. The largest absolute Gasteiger partial charge is 0.302 e. The van der Waals surface area contributed by atoms with Gasteiger partial charge in [-0.2, -0.15) is 0 Å². The van der Waals surface area contributed by atoms with Gasteiger partial charge in [0.25, 0.3) is 5.56 Å². The minimum absolute atomic E-state index is 0.0629. The zero-order valence-electron chi connectivity index (χ0n) is 10.7. The highest BCUT2D eigenvalue weighted by molar-refractivity contribution is 7.99. The zero-order chi connectivity index (χ0) is 14.1. The number of aryl methyl sites for hydroxylation is 1. The first-order valence-electron chi connectivity index (χ1n) is 6.05. The minimum Gasteiger partial charge on any atom is -0.302 e. The number of carbonyl (C=O) groups excluding carboxylic acids is 1. The first kappa shape index (κ1) is 13.3. The van der Waals surface area contributed by atoms with Crippen molar-refractivity contribution in [2.24, 2.45) is 0 Å². The van der Waals surface area contributed by atoms with Crippen LogP contribution in [0.15, 0.2) is 27.7 Å². The van der Waals surface area contributed by atoms with Crippen LogP contribution in [-0.2, 0) is 4.79 Å². The van der Waals surface area contributed by atoms with E-state index in [0.717, 1.165) is 0 Å². The van der Waals surface area contributed by atoms with Crippen LogP contribution in [0.4, 0.5) is 5.13 Å². The topological polar surface area (TPSA) is 76.9 Å². The average Bonchev–Trinajstić information content (AvgIpc) is 3.04. The molecule has 1 unspecified atom stereocenters. The van der Waals surface area contributed by atoms with E-state index in [2.05, 4.69) is 15.3 Å². The molecular weight excluding hydrogens is 296 g/mol. The van der Waals surface area contributed by atoms with Crippen molar-refractivity contribution in [1.29, 1.82) is 0 Å². The summed E-state index contributed by atoms with van der Waals surface area (Å²) in [6.07, 6.45) is 3.47. The number of anilines is 1. The molecule has 2 aromatic rings. The van der Waals surface area contributed by atoms with E-state index in [1.807, 2.05) is 0 Å². The van der Waals surface area contributed by atoms with E-state index in [4.69, 9.17) is 0 Å². The third-order valence-corrected chi connectivity index (χ3v) is 4.80. The summed E-state index contributed by atoms with van der Waals surface area (Å²) in [5, 5.41) is 5.80. The lowest BCUT2D eigenvalue weighted by molar-refractivity contribution is -0.116. The summed E-state index contributed by atoms with van der Waals surface area (Å²) >= 11 is 2.88. The molecule has 0 saturated heterocycles. The van der Waals surface area contributed by atoms with Crippen molar-refractivity contribution in [2.75, 3.05) is 11.1 Å². The van der Waals surface area contributed by atoms with Crippen molar-refractivity contribution in [3.05, 3.63) is 33.7 Å². The summed E-state index contributed by atoms with van der Waals surface area (Å²) < 4.78 is 1.63. The zero-order valence-corrected chi connectivity index (χ0v) is 12.3. The van der Waals surface area contributed by atoms with Crippen LogP contribution < -0.4 is 10.9 Å². The molecule has 0 aliphatic carbocycles. The molecule has 0 aromatic carbocycles. The monoisotopic (exact) mass is 308 g/mol. The van der Waals surface area contributed by atoms with Crippen LogP contribution in [0.5, 0.6) is 0 Å². The van der Waals surface area contributed by atoms with Crippen LogP contribution in [0.3, 0.4) is 0 Å². The van der Waals surface area contributed by atoms with Gasteiger partial charge in [0.1, 0.15) is 0 Å². The smallest absolute Gasteiger partial charge is 0.257 e. The number of hydrogen-bond donors (Lipinski definition) is 1. The van der Waals surface area contributed by atoms with Crippen LogP contribution in [0.1, 0.15) is 18.0 Å². The molecule has 20 heavy (non-hydrogen) atoms. The Morgan fingerprint density at radius 3 is 3.15 bits per heavy atom. The van der Waals surface area contributed by atoms with Gasteiger partial charge < -0.3 is 5.32 Å². The van der Waals surface area contributed by atoms with E-state index in [9.17, 15) is 9.59 Å². The van der Waals surface area contributed by atoms with Crippen LogP contribution in [-0.4, -0.2) is 26.2 Å². The van der Waals surface area contributed by atoms with Gasteiger partial charge in [0.15, 0.2) is 10.3 Å². The van der Waals surface area contributed by atoms with Crippen molar-refractivity contribution < 1.29 is 4.79 Å². The van der Waals surface area contributed by atoms with E-state index < -0.39 is 0 Å². The molecule has 6 nitrogen and oxygen atoms in total. The predicted molar refractivity (Wildman–Crippen MR) is 78.4 cm³/mol. The second-order valence-corrected chi connectivity index (χ2v) is 6.34. The molecule has 104 valence electrons. The van der Waals surface area contributed by atoms with E-state index >= 15 is 0 Å². The van der Waals surface area contributed by atoms with Crippen LogP contribution in [0.25, 0.3) is 0 Å². The molecule has 0 radical (unpaired) electrons. The van der Waals surface area contributed by atoms with Gasteiger partial charge >= 0.3 is 0 Å². The van der Waals surface area contributed by atoms with Crippen molar-refractivity contribution in [1.82, 2.24) is 14.5 Å². The number of amides is 1. The normalized spacial score (nSPS) is 16.9. The quantitative estimate of drug-likeness (QED) is 0.873. The van der Waals surface area contributed by atoms with Gasteiger partial charge in [-0.25, -0.2) is 9.97 Å². The maximum Gasteiger partial charge on any atom is 0.257 e. The highest BCUT2D eigenvalue weighted by Crippen LogP contribution is 2.32.